The van der Waals surface area contributed by atoms with E-state index in [1.165, 1.54) is 23.5 Å². The molecule has 0 spiro atoms. The van der Waals surface area contributed by atoms with Gasteiger partial charge in [-0.2, -0.15) is 5.10 Å². The van der Waals surface area contributed by atoms with Crippen LogP contribution in [0.3, 0.4) is 0 Å². The number of carboxylic acids is 1. The molecule has 10 nitrogen and oxygen atoms in total. The molecule has 136 valence electrons. The predicted octanol–water partition coefficient (Wildman–Crippen LogP) is 2.30. The van der Waals surface area contributed by atoms with Gasteiger partial charge in [0.2, 0.25) is 5.13 Å². The number of aromatic nitrogens is 1. The second-order valence-electron chi connectivity index (χ2n) is 4.80. The van der Waals surface area contributed by atoms with Crippen molar-refractivity contribution in [1.29, 1.82) is 0 Å². The van der Waals surface area contributed by atoms with Crippen LogP contribution in [-0.2, 0) is 16.0 Å². The molecule has 1 heterocycles. The number of nitro benzene ring substituents is 1. The van der Waals surface area contributed by atoms with E-state index in [1.807, 2.05) is 0 Å². The highest BCUT2D eigenvalue weighted by Crippen LogP contribution is 2.23. The highest BCUT2D eigenvalue weighted by molar-refractivity contribution is 7.13. The van der Waals surface area contributed by atoms with Crippen molar-refractivity contribution in [2.75, 3.05) is 12.0 Å². The van der Waals surface area contributed by atoms with Gasteiger partial charge in [0.15, 0.2) is 0 Å². The number of nitrogens with zero attached hydrogens (tertiary/aromatic N) is 3. The topological polar surface area (TPSA) is 144 Å². The zero-order chi connectivity index (χ0) is 19.1. The summed E-state index contributed by atoms with van der Waals surface area (Å²) < 4.78 is 4.82. The molecule has 0 fully saturated rings. The van der Waals surface area contributed by atoms with Crippen LogP contribution in [0.25, 0.3) is 0 Å². The summed E-state index contributed by atoms with van der Waals surface area (Å²) in [5.74, 6) is -1.79. The van der Waals surface area contributed by atoms with E-state index in [0.29, 0.717) is 10.8 Å². The van der Waals surface area contributed by atoms with Crippen LogP contribution in [-0.4, -0.2) is 39.8 Å². The maximum Gasteiger partial charge on any atom is 0.342 e. The summed E-state index contributed by atoms with van der Waals surface area (Å²) in [6, 6.07) is 3.91. The highest BCUT2D eigenvalue weighted by Gasteiger charge is 2.23. The second kappa shape index (κ2) is 8.67. The molecular formula is C15H14N4O6S. The van der Waals surface area contributed by atoms with Crippen LogP contribution < -0.4 is 5.43 Å². The Kier molecular flexibility index (Phi) is 6.33. The lowest BCUT2D eigenvalue weighted by molar-refractivity contribution is -0.385. The quantitative estimate of drug-likeness (QED) is 0.308. The molecule has 1 aromatic heterocycles. The molecule has 0 saturated carbocycles. The summed E-state index contributed by atoms with van der Waals surface area (Å²) in [6.45, 7) is 1.99. The molecule has 2 aromatic rings. The van der Waals surface area contributed by atoms with E-state index >= 15 is 0 Å². The minimum atomic E-state index is -1.40. The number of hydrogen-bond donors (Lipinski definition) is 2. The molecule has 0 bridgehead atoms. The van der Waals surface area contributed by atoms with E-state index in [1.54, 1.807) is 12.3 Å². The van der Waals surface area contributed by atoms with Crippen molar-refractivity contribution in [2.45, 2.75) is 13.3 Å². The maximum atomic E-state index is 11.4. The highest BCUT2D eigenvalue weighted by atomic mass is 32.1. The summed E-state index contributed by atoms with van der Waals surface area (Å²) in [5.41, 5.74) is 2.15. The third kappa shape index (κ3) is 4.83. The summed E-state index contributed by atoms with van der Waals surface area (Å²) in [7, 11) is 0. The Morgan fingerprint density at radius 3 is 2.92 bits per heavy atom. The lowest BCUT2D eigenvalue weighted by Crippen LogP contribution is -2.07. The number of rotatable bonds is 8. The first kappa shape index (κ1) is 19.0. The molecule has 0 aliphatic rings. The van der Waals surface area contributed by atoms with Crippen molar-refractivity contribution < 1.29 is 24.4 Å². The average Bonchev–Trinajstić information content (AvgIpc) is 3.01. The first-order valence-corrected chi connectivity index (χ1v) is 8.20. The summed E-state index contributed by atoms with van der Waals surface area (Å²) >= 11 is 1.19. The standard InChI is InChI=1S/C15H14N4O6S/c1-2-25-12(20)6-10-8-26-15(17-10)18-16-7-9-4-3-5-11(14(21)22)13(9)19(23)24/h3-5,7-8H,2,6H2,1H3,(H,17,18)(H,21,22). The number of nitro groups is 1. The van der Waals surface area contributed by atoms with Gasteiger partial charge in [0.1, 0.15) is 5.56 Å². The number of para-hydroxylation sites is 1. The second-order valence-corrected chi connectivity index (χ2v) is 5.66. The van der Waals surface area contributed by atoms with Gasteiger partial charge in [-0.1, -0.05) is 6.07 Å². The van der Waals surface area contributed by atoms with Gasteiger partial charge in [-0.05, 0) is 19.1 Å². The lowest BCUT2D eigenvalue weighted by atomic mass is 10.1. The van der Waals surface area contributed by atoms with Crippen LogP contribution in [0, 0.1) is 10.1 Å². The molecule has 0 aliphatic heterocycles. The van der Waals surface area contributed by atoms with Gasteiger partial charge in [0.05, 0.1) is 35.4 Å². The first-order valence-electron chi connectivity index (χ1n) is 7.32. The van der Waals surface area contributed by atoms with Gasteiger partial charge in [0, 0.05) is 5.38 Å². The minimum absolute atomic E-state index is 0.0296. The van der Waals surface area contributed by atoms with Crippen molar-refractivity contribution in [2.24, 2.45) is 5.10 Å². The number of anilines is 1. The summed E-state index contributed by atoms with van der Waals surface area (Å²) in [6.07, 6.45) is 1.17. The number of nitrogens with one attached hydrogen (secondary N) is 1. The van der Waals surface area contributed by atoms with Crippen molar-refractivity contribution in [3.63, 3.8) is 0 Å². The number of hydrazone groups is 1. The zero-order valence-corrected chi connectivity index (χ0v) is 14.4. The monoisotopic (exact) mass is 378 g/mol. The Labute approximate surface area is 151 Å². The normalized spacial score (nSPS) is 10.7. The lowest BCUT2D eigenvalue weighted by Gasteiger charge is -2.01. The number of carbonyl (C=O) groups is 2. The van der Waals surface area contributed by atoms with Gasteiger partial charge < -0.3 is 9.84 Å². The Morgan fingerprint density at radius 2 is 2.27 bits per heavy atom. The number of carbonyl (C=O) groups excluding carboxylic acids is 1. The van der Waals surface area contributed by atoms with E-state index in [2.05, 4.69) is 15.5 Å². The molecule has 2 N–H and O–H groups in total. The van der Waals surface area contributed by atoms with Crippen LogP contribution in [0.4, 0.5) is 10.8 Å². The van der Waals surface area contributed by atoms with Crippen molar-refractivity contribution >= 4 is 40.3 Å². The number of benzene rings is 1. The van der Waals surface area contributed by atoms with Crippen LogP contribution in [0.15, 0.2) is 28.7 Å². The summed E-state index contributed by atoms with van der Waals surface area (Å²) in [4.78, 5) is 37.0. The Bertz CT molecular complexity index is 864. The average molecular weight is 378 g/mol. The SMILES string of the molecule is CCOC(=O)Cc1csc(NN=Cc2cccc(C(=O)O)c2[N+](=O)[O-])n1. The number of thiazole rings is 1. The van der Waals surface area contributed by atoms with E-state index in [4.69, 9.17) is 9.84 Å². The smallest absolute Gasteiger partial charge is 0.342 e. The number of hydrogen-bond acceptors (Lipinski definition) is 9. The maximum absolute atomic E-state index is 11.4. The number of aromatic carboxylic acids is 1. The third-order valence-electron chi connectivity index (χ3n) is 3.03. The molecule has 11 heteroatoms. The molecule has 1 aromatic carbocycles. The van der Waals surface area contributed by atoms with E-state index < -0.39 is 28.1 Å². The first-order chi connectivity index (χ1) is 12.4. The number of ether oxygens (including phenoxy) is 1. The van der Waals surface area contributed by atoms with Crippen LogP contribution in [0.5, 0.6) is 0 Å². The van der Waals surface area contributed by atoms with Crippen molar-refractivity contribution in [1.82, 2.24) is 4.98 Å². The molecule has 0 amide bonds. The van der Waals surface area contributed by atoms with Crippen LogP contribution in [0.2, 0.25) is 0 Å². The van der Waals surface area contributed by atoms with Crippen molar-refractivity contribution in [3.8, 4) is 0 Å². The molecule has 0 atom stereocenters. The minimum Gasteiger partial charge on any atom is -0.477 e. The van der Waals surface area contributed by atoms with Gasteiger partial charge in [0.25, 0.3) is 5.69 Å². The Hall–Kier alpha value is -3.34. The van der Waals surface area contributed by atoms with Gasteiger partial charge in [-0.15, -0.1) is 11.3 Å². The van der Waals surface area contributed by atoms with E-state index in [-0.39, 0.29) is 18.6 Å². The van der Waals surface area contributed by atoms with E-state index in [9.17, 15) is 19.7 Å². The fraction of sp³-hybridized carbons (Fsp3) is 0.200. The van der Waals surface area contributed by atoms with Gasteiger partial charge >= 0.3 is 11.9 Å². The van der Waals surface area contributed by atoms with E-state index in [0.717, 1.165) is 12.3 Å². The molecule has 2 rings (SSSR count). The van der Waals surface area contributed by atoms with Gasteiger partial charge in [-0.3, -0.25) is 20.3 Å². The van der Waals surface area contributed by atoms with Crippen molar-refractivity contribution in [3.05, 3.63) is 50.5 Å². The Morgan fingerprint density at radius 1 is 1.50 bits per heavy atom. The zero-order valence-electron chi connectivity index (χ0n) is 13.5. The molecule has 0 radical (unpaired) electrons. The molecule has 0 saturated heterocycles. The van der Waals surface area contributed by atoms with Crippen LogP contribution >= 0.6 is 11.3 Å². The molecule has 0 aliphatic carbocycles. The fourth-order valence-corrected chi connectivity index (χ4v) is 2.66. The predicted molar refractivity (Wildman–Crippen MR) is 93.7 cm³/mol. The third-order valence-corrected chi connectivity index (χ3v) is 3.82. The number of carboxylic acid groups (broad SMARTS) is 1. The molecule has 0 unspecified atom stereocenters. The largest absolute Gasteiger partial charge is 0.477 e. The molecule has 26 heavy (non-hydrogen) atoms. The Balaban J connectivity index is 2.11. The van der Waals surface area contributed by atoms with Crippen LogP contribution in [0.1, 0.15) is 28.5 Å². The van der Waals surface area contributed by atoms with Gasteiger partial charge in [-0.25, -0.2) is 9.78 Å². The fourth-order valence-electron chi connectivity index (χ4n) is 2.00. The number of esters is 1. The molecular weight excluding hydrogens is 364 g/mol. The summed E-state index contributed by atoms with van der Waals surface area (Å²) in [5, 5.41) is 26.1.